The average Bonchev–Trinajstić information content (AvgIpc) is 2.40. The predicted molar refractivity (Wildman–Crippen MR) is 88.9 cm³/mol. The van der Waals surface area contributed by atoms with Crippen LogP contribution in [0.3, 0.4) is 0 Å². The van der Waals surface area contributed by atoms with Crippen LogP contribution < -0.4 is 10.3 Å². The van der Waals surface area contributed by atoms with E-state index in [2.05, 4.69) is 4.18 Å². The molecule has 144 valence electrons. The molecule has 0 unspecified atom stereocenters. The molecule has 0 atom stereocenters. The molecule has 0 aliphatic rings. The monoisotopic (exact) mass is 373 g/mol. The van der Waals surface area contributed by atoms with E-state index in [0.29, 0.717) is 0 Å². The zero-order valence-corrected chi connectivity index (χ0v) is 14.7. The molecule has 0 amide bonds. The van der Waals surface area contributed by atoms with E-state index in [-0.39, 0.29) is 31.5 Å². The van der Waals surface area contributed by atoms with E-state index in [9.17, 15) is 13.2 Å². The Labute approximate surface area is 141 Å². The topological polar surface area (TPSA) is 197 Å². The van der Waals surface area contributed by atoms with Crippen LogP contribution in [0, 0.1) is 0 Å². The van der Waals surface area contributed by atoms with Crippen LogP contribution in [0.25, 0.3) is 0 Å². The summed E-state index contributed by atoms with van der Waals surface area (Å²) < 4.78 is 33.0. The van der Waals surface area contributed by atoms with E-state index in [4.69, 9.17) is 25.0 Å². The third kappa shape index (κ3) is 22.5. The lowest BCUT2D eigenvalue weighted by Crippen LogP contribution is -2.10. The number of aromatic carboxylic acids is 1. The molecule has 1 rings (SSSR count). The van der Waals surface area contributed by atoms with E-state index >= 15 is 0 Å². The van der Waals surface area contributed by atoms with Crippen molar-refractivity contribution in [3.63, 3.8) is 0 Å². The molecule has 0 heterocycles. The summed E-state index contributed by atoms with van der Waals surface area (Å²) in [5, 5.41) is 31.3. The second-order valence-electron chi connectivity index (χ2n) is 3.26. The highest BCUT2D eigenvalue weighted by atomic mass is 32.3. The van der Waals surface area contributed by atoms with Crippen LogP contribution in [0.15, 0.2) is 24.3 Å². The maximum atomic E-state index is 10.6. The molecule has 0 spiro atoms. The van der Waals surface area contributed by atoms with Crippen molar-refractivity contribution in [2.24, 2.45) is 0 Å². The Morgan fingerprint density at radius 1 is 1.00 bits per heavy atom. The Morgan fingerprint density at radius 3 is 1.62 bits per heavy atom. The van der Waals surface area contributed by atoms with Gasteiger partial charge in [0.15, 0.2) is 5.75 Å². The molecule has 0 saturated carbocycles. The number of carboxylic acid groups (broad SMARTS) is 1. The molecule has 0 saturated heterocycles. The first-order chi connectivity index (χ1) is 10.6. The minimum atomic E-state index is -4.70. The standard InChI is InChI=1S/C7H6O6S.3C2H6O.H3N/c8-7(9)5-3-1-2-4-6(5)13-14(10,11)12;3*1-2-3;/h1-4H,(H,8,9)(H,10,11,12);3*3H,2H2,1H3;1H3. The van der Waals surface area contributed by atoms with Crippen molar-refractivity contribution >= 4 is 16.4 Å². The van der Waals surface area contributed by atoms with Gasteiger partial charge in [-0.3, -0.25) is 4.55 Å². The van der Waals surface area contributed by atoms with Crippen LogP contribution in [-0.4, -0.2) is 59.2 Å². The Bertz CT molecular complexity index is 501. The number of aliphatic hydroxyl groups is 3. The van der Waals surface area contributed by atoms with Crippen molar-refractivity contribution < 1.29 is 42.4 Å². The van der Waals surface area contributed by atoms with Crippen molar-refractivity contribution in [3.05, 3.63) is 29.8 Å². The van der Waals surface area contributed by atoms with Crippen molar-refractivity contribution in [1.29, 1.82) is 0 Å². The first-order valence-electron chi connectivity index (χ1n) is 6.46. The van der Waals surface area contributed by atoms with Gasteiger partial charge < -0.3 is 30.8 Å². The lowest BCUT2D eigenvalue weighted by molar-refractivity contribution is 0.0695. The highest BCUT2D eigenvalue weighted by Gasteiger charge is 2.15. The second-order valence-corrected chi connectivity index (χ2v) is 4.28. The third-order valence-corrected chi connectivity index (χ3v) is 1.70. The summed E-state index contributed by atoms with van der Waals surface area (Å²) in [4.78, 5) is 10.6. The summed E-state index contributed by atoms with van der Waals surface area (Å²) in [5.41, 5.74) is -0.342. The lowest BCUT2D eigenvalue weighted by Gasteiger charge is -2.03. The molecule has 0 aromatic heterocycles. The largest absolute Gasteiger partial charge is 0.478 e. The zero-order valence-electron chi connectivity index (χ0n) is 13.9. The first kappa shape index (κ1) is 30.2. The number of aliphatic hydroxyl groups excluding tert-OH is 3. The minimum Gasteiger partial charge on any atom is -0.478 e. The number of para-hydroxylation sites is 1. The van der Waals surface area contributed by atoms with E-state index in [1.54, 1.807) is 20.8 Å². The van der Waals surface area contributed by atoms with Gasteiger partial charge >= 0.3 is 16.4 Å². The quantitative estimate of drug-likeness (QED) is 0.410. The molecule has 8 N–H and O–H groups in total. The number of hydrogen-bond acceptors (Lipinski definition) is 8. The fourth-order valence-electron chi connectivity index (χ4n) is 0.829. The summed E-state index contributed by atoms with van der Waals surface area (Å²) >= 11 is 0. The Kier molecular flexibility index (Phi) is 24.2. The maximum Gasteiger partial charge on any atom is 0.446 e. The van der Waals surface area contributed by atoms with Crippen LogP contribution in [0.5, 0.6) is 5.75 Å². The molecule has 0 fully saturated rings. The fourth-order valence-corrected chi connectivity index (χ4v) is 1.20. The Morgan fingerprint density at radius 2 is 1.33 bits per heavy atom. The van der Waals surface area contributed by atoms with Gasteiger partial charge in [-0.15, -0.1) is 0 Å². The van der Waals surface area contributed by atoms with E-state index in [0.717, 1.165) is 12.1 Å². The Balaban J connectivity index is -0.000000169. The molecule has 0 bridgehead atoms. The third-order valence-electron chi connectivity index (χ3n) is 1.31. The predicted octanol–water partition coefficient (Wildman–Crippen LogP) is 0.724. The van der Waals surface area contributed by atoms with Gasteiger partial charge in [0, 0.05) is 19.8 Å². The molecule has 11 heteroatoms. The van der Waals surface area contributed by atoms with Gasteiger partial charge in [0.25, 0.3) is 0 Å². The second kappa shape index (κ2) is 19.3. The molecule has 0 aliphatic carbocycles. The summed E-state index contributed by atoms with van der Waals surface area (Å²) in [6.07, 6.45) is 0. The van der Waals surface area contributed by atoms with Crippen LogP contribution in [0.2, 0.25) is 0 Å². The van der Waals surface area contributed by atoms with Gasteiger partial charge in [-0.1, -0.05) is 12.1 Å². The minimum absolute atomic E-state index is 0. The molecule has 1 aromatic rings. The molecule has 24 heavy (non-hydrogen) atoms. The highest BCUT2D eigenvalue weighted by Crippen LogP contribution is 2.18. The molecular weight excluding hydrogens is 346 g/mol. The first-order valence-corrected chi connectivity index (χ1v) is 7.83. The summed E-state index contributed by atoms with van der Waals surface area (Å²) in [5.74, 6) is -1.77. The summed E-state index contributed by atoms with van der Waals surface area (Å²) in [6, 6.07) is 5.06. The molecule has 0 aliphatic heterocycles. The number of carbonyl (C=O) groups is 1. The van der Waals surface area contributed by atoms with E-state index < -0.39 is 22.1 Å². The Hall–Kier alpha value is -1.76. The number of rotatable bonds is 3. The van der Waals surface area contributed by atoms with Crippen molar-refractivity contribution in [2.45, 2.75) is 20.8 Å². The summed E-state index contributed by atoms with van der Waals surface area (Å²) in [6.45, 7) is 5.79. The van der Waals surface area contributed by atoms with Crippen molar-refractivity contribution in [3.8, 4) is 5.75 Å². The van der Waals surface area contributed by atoms with Gasteiger partial charge in [-0.2, -0.15) is 8.42 Å². The molecule has 1 aromatic carbocycles. The van der Waals surface area contributed by atoms with Gasteiger partial charge in [-0.05, 0) is 32.9 Å². The highest BCUT2D eigenvalue weighted by molar-refractivity contribution is 7.81. The zero-order chi connectivity index (χ0) is 18.9. The molecule has 0 radical (unpaired) electrons. The van der Waals surface area contributed by atoms with Gasteiger partial charge in [0.05, 0.1) is 0 Å². The van der Waals surface area contributed by atoms with Crippen LogP contribution >= 0.6 is 0 Å². The van der Waals surface area contributed by atoms with Crippen LogP contribution in [0.1, 0.15) is 31.1 Å². The van der Waals surface area contributed by atoms with E-state index in [1.165, 1.54) is 12.1 Å². The average molecular weight is 373 g/mol. The van der Waals surface area contributed by atoms with Gasteiger partial charge in [0.2, 0.25) is 0 Å². The van der Waals surface area contributed by atoms with Gasteiger partial charge in [-0.25, -0.2) is 4.79 Å². The lowest BCUT2D eigenvalue weighted by atomic mass is 10.2. The summed E-state index contributed by atoms with van der Waals surface area (Å²) in [7, 11) is -4.70. The molecule has 10 nitrogen and oxygen atoms in total. The molecular formula is C13H27NO9S. The fraction of sp³-hybridized carbons (Fsp3) is 0.462. The van der Waals surface area contributed by atoms with Crippen molar-refractivity contribution in [2.75, 3.05) is 19.8 Å². The normalized spacial score (nSPS) is 8.62. The number of carboxylic acids is 1. The SMILES string of the molecule is CCO.CCO.CCO.N.O=C(O)c1ccccc1OS(=O)(=O)O. The van der Waals surface area contributed by atoms with Crippen LogP contribution in [-0.2, 0) is 10.4 Å². The number of hydrogen-bond donors (Lipinski definition) is 6. The van der Waals surface area contributed by atoms with Crippen molar-refractivity contribution in [1.82, 2.24) is 6.15 Å². The maximum absolute atomic E-state index is 10.6. The smallest absolute Gasteiger partial charge is 0.446 e. The van der Waals surface area contributed by atoms with E-state index in [1.807, 2.05) is 0 Å². The van der Waals surface area contributed by atoms with Crippen LogP contribution in [0.4, 0.5) is 0 Å². The number of benzene rings is 1. The van der Waals surface area contributed by atoms with Gasteiger partial charge in [0.1, 0.15) is 5.56 Å².